The molecule has 0 radical (unpaired) electrons. The number of hydrogen-bond acceptors (Lipinski definition) is 3. The summed E-state index contributed by atoms with van der Waals surface area (Å²) in [7, 11) is 0. The van der Waals surface area contributed by atoms with Crippen molar-refractivity contribution in [1.82, 2.24) is 0 Å². The summed E-state index contributed by atoms with van der Waals surface area (Å²) in [5.74, 6) is -5.80. The van der Waals surface area contributed by atoms with Gasteiger partial charge in [0.1, 0.15) is 11.6 Å². The Hall–Kier alpha value is -8.41. The zero-order chi connectivity index (χ0) is 51.7. The van der Waals surface area contributed by atoms with Gasteiger partial charge in [-0.1, -0.05) is 97.1 Å². The van der Waals surface area contributed by atoms with Crippen LogP contribution < -0.4 is 16.4 Å². The summed E-state index contributed by atoms with van der Waals surface area (Å²) in [5, 5.41) is 4.76. The van der Waals surface area contributed by atoms with Gasteiger partial charge in [0.2, 0.25) is 0 Å². The van der Waals surface area contributed by atoms with Crippen LogP contribution in [0.2, 0.25) is 0 Å². The number of halogens is 13. The number of alkyl halides is 9. The molecule has 8 aromatic rings. The van der Waals surface area contributed by atoms with Crippen LogP contribution in [0.4, 0.5) is 74.1 Å². The zero-order valence-electron chi connectivity index (χ0n) is 36.1. The molecular formula is C53H34F13N3O2. The fourth-order valence-electron chi connectivity index (χ4n) is 6.82. The second-order valence-electron chi connectivity index (χ2n) is 15.0. The van der Waals surface area contributed by atoms with Gasteiger partial charge < -0.3 is 16.4 Å². The molecule has 0 aliphatic carbocycles. The Kier molecular flexibility index (Phi) is 16.0. The molecule has 0 bridgehead atoms. The summed E-state index contributed by atoms with van der Waals surface area (Å²) in [4.78, 5) is 24.1. The topological polar surface area (TPSA) is 84.2 Å². The molecule has 0 saturated heterocycles. The average Bonchev–Trinajstić information content (AvgIpc) is 3.33. The molecular weight excluding hydrogens is 958 g/mol. The summed E-state index contributed by atoms with van der Waals surface area (Å²) in [5.41, 5.74) is 4.65. The lowest BCUT2D eigenvalue weighted by molar-refractivity contribution is -0.137. The van der Waals surface area contributed by atoms with E-state index in [9.17, 15) is 66.7 Å². The first-order valence-electron chi connectivity index (χ1n) is 20.6. The summed E-state index contributed by atoms with van der Waals surface area (Å²) in [6.45, 7) is 0. The molecule has 0 saturated carbocycles. The molecule has 2 amide bonds. The number of nitrogens with two attached hydrogens (primary N) is 1. The quantitative estimate of drug-likeness (QED) is 0.110. The van der Waals surface area contributed by atoms with Crippen LogP contribution >= 0.6 is 0 Å². The summed E-state index contributed by atoms with van der Waals surface area (Å²) in [6, 6.07) is 38.9. The lowest BCUT2D eigenvalue weighted by atomic mass is 9.99. The number of amides is 2. The van der Waals surface area contributed by atoms with Crippen molar-refractivity contribution in [1.29, 1.82) is 0 Å². The Morgan fingerprint density at radius 3 is 1.14 bits per heavy atom. The normalized spacial score (nSPS) is 11.3. The lowest BCUT2D eigenvalue weighted by Gasteiger charge is -2.13. The maximum atomic E-state index is 13.7. The fraction of sp³-hybridized carbons (Fsp3) is 0.0566. The van der Waals surface area contributed by atoms with Gasteiger partial charge >= 0.3 is 18.5 Å². The van der Waals surface area contributed by atoms with E-state index in [-0.39, 0.29) is 28.1 Å². The fourth-order valence-corrected chi connectivity index (χ4v) is 6.82. The molecule has 0 fully saturated rings. The molecule has 4 N–H and O–H groups in total. The monoisotopic (exact) mass is 991 g/mol. The van der Waals surface area contributed by atoms with Gasteiger partial charge in [-0.2, -0.15) is 39.5 Å². The number of benzene rings is 8. The molecule has 0 heterocycles. The van der Waals surface area contributed by atoms with Crippen LogP contribution in [0, 0.1) is 23.3 Å². The van der Waals surface area contributed by atoms with E-state index in [1.165, 1.54) is 103 Å². The van der Waals surface area contributed by atoms with Crippen LogP contribution in [0.3, 0.4) is 0 Å². The second kappa shape index (κ2) is 21.9. The van der Waals surface area contributed by atoms with Crippen molar-refractivity contribution in [2.45, 2.75) is 18.5 Å². The number of anilines is 3. The number of rotatable bonds is 7. The predicted octanol–water partition coefficient (Wildman–Crippen LogP) is 15.8. The highest BCUT2D eigenvalue weighted by Gasteiger charge is 2.35. The summed E-state index contributed by atoms with van der Waals surface area (Å²) < 4.78 is 171. The van der Waals surface area contributed by atoms with Crippen molar-refractivity contribution in [2.75, 3.05) is 16.4 Å². The Bertz CT molecular complexity index is 3020. The third-order valence-electron chi connectivity index (χ3n) is 10.2. The van der Waals surface area contributed by atoms with Gasteiger partial charge in [0.25, 0.3) is 11.8 Å². The molecule has 0 unspecified atom stereocenters. The molecule has 8 aromatic carbocycles. The highest BCUT2D eigenvalue weighted by atomic mass is 19.4. The molecule has 0 aromatic heterocycles. The minimum atomic E-state index is -4.50. The second-order valence-corrected chi connectivity index (χ2v) is 15.0. The Morgan fingerprint density at radius 1 is 0.380 bits per heavy atom. The van der Waals surface area contributed by atoms with Crippen molar-refractivity contribution in [3.05, 3.63) is 233 Å². The molecule has 0 aliphatic rings. The van der Waals surface area contributed by atoms with E-state index in [1.807, 2.05) is 0 Å². The molecule has 5 nitrogen and oxygen atoms in total. The van der Waals surface area contributed by atoms with Crippen molar-refractivity contribution in [2.24, 2.45) is 0 Å². The van der Waals surface area contributed by atoms with E-state index in [0.29, 0.717) is 22.4 Å². The van der Waals surface area contributed by atoms with Crippen molar-refractivity contribution in [3.63, 3.8) is 0 Å². The predicted molar refractivity (Wildman–Crippen MR) is 244 cm³/mol. The van der Waals surface area contributed by atoms with Gasteiger partial charge in [0, 0.05) is 17.1 Å². The van der Waals surface area contributed by atoms with Crippen LogP contribution in [0.15, 0.2) is 182 Å². The van der Waals surface area contributed by atoms with Gasteiger partial charge in [-0.25, -0.2) is 17.6 Å². The number of hydrogen-bond donors (Lipinski definition) is 3. The van der Waals surface area contributed by atoms with E-state index in [4.69, 9.17) is 5.73 Å². The molecule has 18 heteroatoms. The number of nitrogen functional groups attached to an aromatic ring is 1. The maximum absolute atomic E-state index is 13.7. The van der Waals surface area contributed by atoms with E-state index in [0.717, 1.165) is 48.5 Å². The summed E-state index contributed by atoms with van der Waals surface area (Å²) in [6.07, 6.45) is -13.4. The average molecular weight is 992 g/mol. The van der Waals surface area contributed by atoms with E-state index < -0.39 is 81.4 Å². The lowest BCUT2D eigenvalue weighted by Crippen LogP contribution is -2.14. The molecule has 0 atom stereocenters. The van der Waals surface area contributed by atoms with Crippen LogP contribution in [-0.4, -0.2) is 11.8 Å². The van der Waals surface area contributed by atoms with Crippen molar-refractivity contribution < 1.29 is 66.7 Å². The first-order valence-corrected chi connectivity index (χ1v) is 20.6. The highest BCUT2D eigenvalue weighted by Crippen LogP contribution is 2.40. The molecule has 71 heavy (non-hydrogen) atoms. The third-order valence-corrected chi connectivity index (χ3v) is 10.2. The Balaban J connectivity index is 0.000000179. The first-order chi connectivity index (χ1) is 33.5. The van der Waals surface area contributed by atoms with Gasteiger partial charge in [-0.3, -0.25) is 9.59 Å². The van der Waals surface area contributed by atoms with Gasteiger partial charge in [0.05, 0.1) is 27.8 Å². The summed E-state index contributed by atoms with van der Waals surface area (Å²) >= 11 is 0. The number of carbonyl (C=O) groups excluding carboxylic acids is 2. The molecule has 8 rings (SSSR count). The zero-order valence-corrected chi connectivity index (χ0v) is 36.1. The van der Waals surface area contributed by atoms with Crippen LogP contribution in [0.5, 0.6) is 0 Å². The first kappa shape index (κ1) is 52.0. The van der Waals surface area contributed by atoms with Crippen LogP contribution in [-0.2, 0) is 18.5 Å². The van der Waals surface area contributed by atoms with Crippen LogP contribution in [0.25, 0.3) is 33.4 Å². The smallest absolute Gasteiger partial charge is 0.399 e. The standard InChI is InChI=1S/2C20H12F5NO.C13H10F3N/c21-17-7-3-5-15(18(17)22)19(27)26-13-10-8-12(9-11-13)14-4-1-2-6-16(14)20(23,24)25;21-13-7-10-18(22)16(11-13)19(27)26-14-8-5-12(6-9-14)15-3-1-2-4-17(15)20(23,24)25;14-13(15,16)12-4-2-1-3-11(12)9-5-7-10(17)8-6-9/h2*1-11H,(H,26,27);1-8H,17H2. The minimum Gasteiger partial charge on any atom is -0.399 e. The van der Waals surface area contributed by atoms with Gasteiger partial charge in [0.15, 0.2) is 11.6 Å². The van der Waals surface area contributed by atoms with Crippen molar-refractivity contribution >= 4 is 28.9 Å². The Labute approximate surface area is 396 Å². The van der Waals surface area contributed by atoms with Gasteiger partial charge in [-0.05, 0) is 118 Å². The largest absolute Gasteiger partial charge is 0.417 e. The van der Waals surface area contributed by atoms with E-state index >= 15 is 0 Å². The number of nitrogens with one attached hydrogen (secondary N) is 2. The third kappa shape index (κ3) is 13.4. The van der Waals surface area contributed by atoms with E-state index in [2.05, 4.69) is 10.6 Å². The maximum Gasteiger partial charge on any atom is 0.417 e. The Morgan fingerprint density at radius 2 is 0.746 bits per heavy atom. The molecule has 0 spiro atoms. The minimum absolute atomic E-state index is 0.000878. The van der Waals surface area contributed by atoms with Gasteiger partial charge in [-0.15, -0.1) is 0 Å². The van der Waals surface area contributed by atoms with Crippen LogP contribution in [0.1, 0.15) is 37.4 Å². The van der Waals surface area contributed by atoms with E-state index in [1.54, 1.807) is 30.3 Å². The number of carbonyl (C=O) groups is 2. The molecule has 0 aliphatic heterocycles. The van der Waals surface area contributed by atoms with Crippen molar-refractivity contribution in [3.8, 4) is 33.4 Å². The molecule has 364 valence electrons. The SMILES string of the molecule is Nc1ccc(-c2ccccc2C(F)(F)F)cc1.O=C(Nc1ccc(-c2ccccc2C(F)(F)F)cc1)c1cc(F)ccc1F.O=C(Nc1ccc(-c2ccccc2C(F)(F)F)cc1)c1cccc(F)c1F. The highest BCUT2D eigenvalue weighted by molar-refractivity contribution is 6.05.